The number of benzene rings is 3. The second kappa shape index (κ2) is 20.3. The fraction of sp³-hybridized carbons (Fsp3) is 0.426. The topological polar surface area (TPSA) is 135 Å². The highest BCUT2D eigenvalue weighted by molar-refractivity contribution is 5.95. The average Bonchev–Trinajstić information content (AvgIpc) is 3.66. The molecule has 1 atom stereocenters. The lowest BCUT2D eigenvalue weighted by Crippen LogP contribution is -2.38. The standard InChI is InChI=1S/C45H54N4O4.C2HF3O2/c1-2-53-45(52)22-16-40(17-23-45)49(43(50)30-39-31-47-42-15-4-3-14-41(39)42)32-35-10-6-11-36(28-35)37-12-7-13-38(29-37)44(51)48-26-20-34(21-27-48)9-5-8-33-18-24-46-25-19-33;3-2(4,5)1(6)7/h3-4,6-7,10-17,22,28-29,31,33-34,46-47,52H,2,5,8-9,18-21,23-27,30,32H2,1H3;(H,6,7). The molecule has 1 aliphatic carbocycles. The molecule has 0 radical (unpaired) electrons. The Hall–Kier alpha value is -5.24. The number of aliphatic hydroxyl groups is 1. The fourth-order valence-electron chi connectivity index (χ4n) is 8.36. The van der Waals surface area contributed by atoms with Crippen molar-refractivity contribution in [3.05, 3.63) is 120 Å². The van der Waals surface area contributed by atoms with Gasteiger partial charge in [0.1, 0.15) is 0 Å². The van der Waals surface area contributed by atoms with Gasteiger partial charge in [-0.2, -0.15) is 13.2 Å². The molecule has 13 heteroatoms. The van der Waals surface area contributed by atoms with Crippen LogP contribution in [0.4, 0.5) is 13.2 Å². The van der Waals surface area contributed by atoms with E-state index in [0.29, 0.717) is 18.7 Å². The molecule has 2 fully saturated rings. The molecule has 2 saturated heterocycles. The highest BCUT2D eigenvalue weighted by Crippen LogP contribution is 2.30. The van der Waals surface area contributed by atoms with E-state index in [1.54, 1.807) is 17.1 Å². The van der Waals surface area contributed by atoms with Crippen LogP contribution in [0.25, 0.3) is 22.0 Å². The highest BCUT2D eigenvalue weighted by atomic mass is 19.4. The number of carboxylic acid groups (broad SMARTS) is 1. The molecule has 0 spiro atoms. The van der Waals surface area contributed by atoms with Crippen molar-refractivity contribution in [1.29, 1.82) is 0 Å². The van der Waals surface area contributed by atoms with Crippen molar-refractivity contribution in [2.24, 2.45) is 11.8 Å². The maximum atomic E-state index is 14.1. The number of allylic oxidation sites excluding steroid dienone is 1. The molecule has 7 rings (SSSR count). The summed E-state index contributed by atoms with van der Waals surface area (Å²) in [6.07, 6.45) is 11.4. The number of rotatable bonds is 13. The van der Waals surface area contributed by atoms with E-state index in [4.69, 9.17) is 14.6 Å². The van der Waals surface area contributed by atoms with Crippen LogP contribution >= 0.6 is 0 Å². The number of H-pyrrole nitrogens is 1. The molecule has 3 aliphatic rings. The van der Waals surface area contributed by atoms with Crippen LogP contribution in [0.2, 0.25) is 0 Å². The van der Waals surface area contributed by atoms with Crippen molar-refractivity contribution in [1.82, 2.24) is 20.1 Å². The van der Waals surface area contributed by atoms with Crippen molar-refractivity contribution < 1.29 is 42.5 Å². The zero-order chi connectivity index (χ0) is 42.7. The molecule has 3 aromatic carbocycles. The number of carbonyl (C=O) groups is 3. The van der Waals surface area contributed by atoms with E-state index in [1.807, 2.05) is 84.8 Å². The second-order valence-electron chi connectivity index (χ2n) is 15.9. The normalized spacial score (nSPS) is 18.8. The molecule has 320 valence electrons. The summed E-state index contributed by atoms with van der Waals surface area (Å²) in [5.41, 5.74) is 6.31. The lowest BCUT2D eigenvalue weighted by Gasteiger charge is -2.32. The van der Waals surface area contributed by atoms with Gasteiger partial charge in [0.2, 0.25) is 5.91 Å². The lowest BCUT2D eigenvalue weighted by atomic mass is 9.87. The first-order chi connectivity index (χ1) is 28.8. The Morgan fingerprint density at radius 3 is 2.25 bits per heavy atom. The van der Waals surface area contributed by atoms with Gasteiger partial charge in [0.15, 0.2) is 5.79 Å². The van der Waals surface area contributed by atoms with Crippen LogP contribution in [0, 0.1) is 11.8 Å². The monoisotopic (exact) mass is 828 g/mol. The van der Waals surface area contributed by atoms with Crippen LogP contribution in [-0.4, -0.2) is 87.5 Å². The maximum absolute atomic E-state index is 14.1. The summed E-state index contributed by atoms with van der Waals surface area (Å²) in [5, 5.41) is 22.5. The number of likely N-dealkylation sites (tertiary alicyclic amines) is 1. The largest absolute Gasteiger partial charge is 0.490 e. The number of hydrogen-bond acceptors (Lipinski definition) is 6. The van der Waals surface area contributed by atoms with Crippen LogP contribution in [0.15, 0.2) is 103 Å². The van der Waals surface area contributed by atoms with Gasteiger partial charge in [0.25, 0.3) is 5.91 Å². The summed E-state index contributed by atoms with van der Waals surface area (Å²) in [6, 6.07) is 24.2. The quantitative estimate of drug-likeness (QED) is 0.0992. The molecular formula is C47H55F3N4O6. The smallest absolute Gasteiger partial charge is 0.475 e. The summed E-state index contributed by atoms with van der Waals surface area (Å²) in [5.74, 6) is -2.47. The summed E-state index contributed by atoms with van der Waals surface area (Å²) < 4.78 is 37.3. The molecule has 2 amide bonds. The van der Waals surface area contributed by atoms with Crippen LogP contribution in [0.3, 0.4) is 0 Å². The van der Waals surface area contributed by atoms with Gasteiger partial charge in [0, 0.05) is 54.5 Å². The number of nitrogens with one attached hydrogen (secondary N) is 2. The number of amides is 2. The number of aromatic nitrogens is 1. The van der Waals surface area contributed by atoms with Gasteiger partial charge in [-0.15, -0.1) is 0 Å². The van der Waals surface area contributed by atoms with Gasteiger partial charge < -0.3 is 35.1 Å². The Labute approximate surface area is 349 Å². The molecule has 0 bridgehead atoms. The second-order valence-corrected chi connectivity index (χ2v) is 15.9. The third kappa shape index (κ3) is 11.9. The molecule has 3 heterocycles. The Morgan fingerprint density at radius 1 is 0.917 bits per heavy atom. The first-order valence-electron chi connectivity index (χ1n) is 20.9. The van der Waals surface area contributed by atoms with Crippen molar-refractivity contribution in [3.8, 4) is 11.1 Å². The third-order valence-electron chi connectivity index (χ3n) is 11.7. The Balaban J connectivity index is 0.000000793. The molecule has 4 N–H and O–H groups in total. The molecule has 4 aromatic rings. The number of carboxylic acids is 1. The highest BCUT2D eigenvalue weighted by Gasteiger charge is 2.38. The number of ether oxygens (including phenoxy) is 1. The number of piperidine rings is 2. The third-order valence-corrected chi connectivity index (χ3v) is 11.7. The zero-order valence-corrected chi connectivity index (χ0v) is 34.1. The lowest BCUT2D eigenvalue weighted by molar-refractivity contribution is -0.192. The van der Waals surface area contributed by atoms with Gasteiger partial charge in [-0.05, 0) is 116 Å². The maximum Gasteiger partial charge on any atom is 0.490 e. The number of alkyl halides is 3. The van der Waals surface area contributed by atoms with E-state index < -0.39 is 17.9 Å². The summed E-state index contributed by atoms with van der Waals surface area (Å²) in [4.78, 5) is 43.8. The van der Waals surface area contributed by atoms with E-state index >= 15 is 0 Å². The number of halogens is 3. The minimum atomic E-state index is -5.08. The van der Waals surface area contributed by atoms with Gasteiger partial charge in [-0.1, -0.05) is 73.9 Å². The van der Waals surface area contributed by atoms with Crippen molar-refractivity contribution in [3.63, 3.8) is 0 Å². The number of aliphatic carboxylic acids is 1. The van der Waals surface area contributed by atoms with E-state index in [1.165, 1.54) is 45.2 Å². The SMILES string of the molecule is CCOC1(O)C=CC(N(Cc2cccc(-c3cccc(C(=O)N4CCC(CCCC5CCNCC5)CC4)c3)c2)C(=O)Cc2c[nH]c3ccccc23)=CC1.O=C(O)C(F)(F)F. The van der Waals surface area contributed by atoms with Crippen LogP contribution in [-0.2, 0) is 27.3 Å². The van der Waals surface area contributed by atoms with E-state index in [-0.39, 0.29) is 24.7 Å². The summed E-state index contributed by atoms with van der Waals surface area (Å²) in [6.45, 7) is 6.57. The van der Waals surface area contributed by atoms with E-state index in [2.05, 4.69) is 22.4 Å². The molecule has 2 aliphatic heterocycles. The van der Waals surface area contributed by atoms with Crippen LogP contribution in [0.5, 0.6) is 0 Å². The van der Waals surface area contributed by atoms with Crippen molar-refractivity contribution >= 4 is 28.7 Å². The minimum Gasteiger partial charge on any atom is -0.475 e. The number of aromatic amines is 1. The zero-order valence-electron chi connectivity index (χ0n) is 34.1. The Morgan fingerprint density at radius 2 is 1.58 bits per heavy atom. The number of carbonyl (C=O) groups excluding carboxylic acids is 2. The van der Waals surface area contributed by atoms with Crippen LogP contribution in [0.1, 0.15) is 79.8 Å². The van der Waals surface area contributed by atoms with Crippen molar-refractivity contribution in [2.75, 3.05) is 32.8 Å². The van der Waals surface area contributed by atoms with Gasteiger partial charge in [0.05, 0.1) is 13.0 Å². The molecule has 1 aromatic heterocycles. The number of fused-ring (bicyclic) bond motifs is 1. The van der Waals surface area contributed by atoms with Gasteiger partial charge in [-0.25, -0.2) is 4.79 Å². The van der Waals surface area contributed by atoms with Crippen molar-refractivity contribution in [2.45, 2.75) is 83.2 Å². The first kappa shape index (κ1) is 44.3. The predicted molar refractivity (Wildman–Crippen MR) is 225 cm³/mol. The first-order valence-corrected chi connectivity index (χ1v) is 20.9. The summed E-state index contributed by atoms with van der Waals surface area (Å²) >= 11 is 0. The average molecular weight is 829 g/mol. The number of nitrogens with zero attached hydrogens (tertiary/aromatic N) is 2. The van der Waals surface area contributed by atoms with Gasteiger partial charge >= 0.3 is 12.1 Å². The minimum absolute atomic E-state index is 0.0453. The predicted octanol–water partition coefficient (Wildman–Crippen LogP) is 8.63. The van der Waals surface area contributed by atoms with Crippen LogP contribution < -0.4 is 5.32 Å². The van der Waals surface area contributed by atoms with Gasteiger partial charge in [-0.3, -0.25) is 9.59 Å². The number of hydrogen-bond donors (Lipinski definition) is 4. The molecule has 10 nitrogen and oxygen atoms in total. The Bertz CT molecular complexity index is 2150. The molecule has 1 unspecified atom stereocenters. The number of para-hydroxylation sites is 1. The molecule has 0 saturated carbocycles. The van der Waals surface area contributed by atoms with E-state index in [9.17, 15) is 27.9 Å². The molecule has 60 heavy (non-hydrogen) atoms. The Kier molecular flexibility index (Phi) is 15.0. The summed E-state index contributed by atoms with van der Waals surface area (Å²) in [7, 11) is 0. The molecular weight excluding hydrogens is 774 g/mol. The fourth-order valence-corrected chi connectivity index (χ4v) is 8.36. The van der Waals surface area contributed by atoms with E-state index in [0.717, 1.165) is 76.6 Å².